The minimum absolute atomic E-state index is 0.0717. The molecule has 1 heterocycles. The third kappa shape index (κ3) is 5.96. The van der Waals surface area contributed by atoms with Crippen LogP contribution in [0.2, 0.25) is 0 Å². The van der Waals surface area contributed by atoms with Crippen molar-refractivity contribution in [1.82, 2.24) is 15.1 Å². The summed E-state index contributed by atoms with van der Waals surface area (Å²) in [6.07, 6.45) is 4.41. The second kappa shape index (κ2) is 9.42. The summed E-state index contributed by atoms with van der Waals surface area (Å²) in [6, 6.07) is 0.120. The molecule has 2 N–H and O–H groups in total. The number of piperidine rings is 1. The highest BCUT2D eigenvalue weighted by Gasteiger charge is 2.30. The number of aliphatic carboxylic acids is 1. The van der Waals surface area contributed by atoms with Crippen LogP contribution in [-0.4, -0.2) is 71.5 Å². The van der Waals surface area contributed by atoms with Crippen molar-refractivity contribution in [2.24, 2.45) is 0 Å². The second-order valence-electron chi connectivity index (χ2n) is 6.53. The van der Waals surface area contributed by atoms with Crippen molar-refractivity contribution in [2.75, 3.05) is 26.7 Å². The highest BCUT2D eigenvalue weighted by molar-refractivity contribution is 5.88. The van der Waals surface area contributed by atoms with Crippen LogP contribution in [0.3, 0.4) is 0 Å². The fourth-order valence-corrected chi connectivity index (χ4v) is 2.73. The summed E-state index contributed by atoms with van der Waals surface area (Å²) in [5.74, 6) is -1.36. The number of hydrogen-bond donors (Lipinski definition) is 2. The summed E-state index contributed by atoms with van der Waals surface area (Å²) in [5.41, 5.74) is 0.188. The number of rotatable bonds is 7. The summed E-state index contributed by atoms with van der Waals surface area (Å²) in [4.78, 5) is 38.7. The maximum atomic E-state index is 12.4. The minimum atomic E-state index is -1.00. The molecule has 0 spiro atoms. The molecule has 7 nitrogen and oxygen atoms in total. The predicted molar refractivity (Wildman–Crippen MR) is 91.5 cm³/mol. The summed E-state index contributed by atoms with van der Waals surface area (Å²) in [6.45, 7) is 6.66. The standard InChI is InChI=1S/C17H29N3O4/c1-12(2)20-9-6-5-7-14(20)16(22)18-11-15(21)19(4)10-8-13(3)17(23)24/h8,12,14H,5-7,9-11H2,1-4H3,(H,18,22)(H,23,24)/b13-8+. The number of carbonyl (C=O) groups excluding carboxylic acids is 2. The zero-order valence-electron chi connectivity index (χ0n) is 15.0. The SMILES string of the molecule is C/C(=C\CN(C)C(=O)CNC(=O)C1CCCCN1C(C)C)C(=O)O. The third-order valence-corrected chi connectivity index (χ3v) is 4.36. The van der Waals surface area contributed by atoms with Gasteiger partial charge in [0.15, 0.2) is 0 Å². The van der Waals surface area contributed by atoms with Gasteiger partial charge in [-0.25, -0.2) is 4.79 Å². The number of amides is 2. The molecule has 24 heavy (non-hydrogen) atoms. The van der Waals surface area contributed by atoms with Crippen molar-refractivity contribution in [3.05, 3.63) is 11.6 Å². The van der Waals surface area contributed by atoms with Crippen LogP contribution in [0, 0.1) is 0 Å². The molecule has 0 radical (unpaired) electrons. The van der Waals surface area contributed by atoms with Gasteiger partial charge >= 0.3 is 5.97 Å². The van der Waals surface area contributed by atoms with Gasteiger partial charge in [0.1, 0.15) is 0 Å². The smallest absolute Gasteiger partial charge is 0.331 e. The average molecular weight is 339 g/mol. The lowest BCUT2D eigenvalue weighted by Gasteiger charge is -2.37. The maximum absolute atomic E-state index is 12.4. The van der Waals surface area contributed by atoms with E-state index in [2.05, 4.69) is 24.1 Å². The van der Waals surface area contributed by atoms with Gasteiger partial charge in [0, 0.05) is 25.2 Å². The Hall–Kier alpha value is -1.89. The Morgan fingerprint density at radius 2 is 2.00 bits per heavy atom. The van der Waals surface area contributed by atoms with Gasteiger partial charge in [-0.15, -0.1) is 0 Å². The van der Waals surface area contributed by atoms with E-state index in [0.29, 0.717) is 6.04 Å². The molecule has 1 aliphatic heterocycles. The Balaban J connectivity index is 2.49. The van der Waals surface area contributed by atoms with Crippen LogP contribution in [0.4, 0.5) is 0 Å². The fourth-order valence-electron chi connectivity index (χ4n) is 2.73. The van der Waals surface area contributed by atoms with Crippen LogP contribution in [0.5, 0.6) is 0 Å². The molecule has 1 atom stereocenters. The van der Waals surface area contributed by atoms with Crippen molar-refractivity contribution in [3.63, 3.8) is 0 Å². The molecule has 2 amide bonds. The van der Waals surface area contributed by atoms with Crippen molar-refractivity contribution < 1.29 is 19.5 Å². The zero-order chi connectivity index (χ0) is 18.3. The molecule has 0 bridgehead atoms. The van der Waals surface area contributed by atoms with E-state index in [9.17, 15) is 14.4 Å². The van der Waals surface area contributed by atoms with Crippen molar-refractivity contribution in [3.8, 4) is 0 Å². The van der Waals surface area contributed by atoms with Gasteiger partial charge in [-0.2, -0.15) is 0 Å². The molecule has 0 aromatic rings. The number of nitrogens with zero attached hydrogens (tertiary/aromatic N) is 2. The molecule has 1 fully saturated rings. The van der Waals surface area contributed by atoms with Gasteiger partial charge in [-0.1, -0.05) is 12.5 Å². The van der Waals surface area contributed by atoms with Gasteiger partial charge < -0.3 is 15.3 Å². The molecule has 1 saturated heterocycles. The zero-order valence-corrected chi connectivity index (χ0v) is 15.0. The van der Waals surface area contributed by atoms with Gasteiger partial charge in [0.2, 0.25) is 11.8 Å². The van der Waals surface area contributed by atoms with E-state index < -0.39 is 5.97 Å². The average Bonchev–Trinajstić information content (AvgIpc) is 2.56. The number of carboxylic acids is 1. The van der Waals surface area contributed by atoms with E-state index in [4.69, 9.17) is 5.11 Å². The number of hydrogen-bond acceptors (Lipinski definition) is 4. The Morgan fingerprint density at radius 3 is 2.58 bits per heavy atom. The first-order chi connectivity index (χ1) is 11.2. The molecule has 0 aromatic heterocycles. The number of carbonyl (C=O) groups is 3. The van der Waals surface area contributed by atoms with Crippen LogP contribution >= 0.6 is 0 Å². The molecule has 1 aliphatic rings. The molecule has 0 aliphatic carbocycles. The Labute approximate surface area is 143 Å². The van der Waals surface area contributed by atoms with Crippen LogP contribution in [0.15, 0.2) is 11.6 Å². The quantitative estimate of drug-likeness (QED) is 0.671. The Bertz CT molecular complexity index is 502. The molecular formula is C17H29N3O4. The number of likely N-dealkylation sites (N-methyl/N-ethyl adjacent to an activating group) is 1. The highest BCUT2D eigenvalue weighted by atomic mass is 16.4. The molecule has 1 rings (SSSR count). The second-order valence-corrected chi connectivity index (χ2v) is 6.53. The lowest BCUT2D eigenvalue weighted by Crippen LogP contribution is -2.53. The summed E-state index contributed by atoms with van der Waals surface area (Å²) in [7, 11) is 1.58. The number of carboxylic acid groups (broad SMARTS) is 1. The lowest BCUT2D eigenvalue weighted by molar-refractivity contribution is -0.134. The number of nitrogens with one attached hydrogen (secondary N) is 1. The topological polar surface area (TPSA) is 90.0 Å². The molecule has 0 saturated carbocycles. The molecular weight excluding hydrogens is 310 g/mol. The first kappa shape index (κ1) is 20.2. The van der Waals surface area contributed by atoms with Crippen molar-refractivity contribution in [2.45, 2.75) is 52.1 Å². The molecule has 0 aromatic carbocycles. The largest absolute Gasteiger partial charge is 0.478 e. The molecule has 7 heteroatoms. The van der Waals surface area contributed by atoms with E-state index in [0.717, 1.165) is 25.8 Å². The monoisotopic (exact) mass is 339 g/mol. The van der Waals surface area contributed by atoms with Crippen LogP contribution in [0.25, 0.3) is 0 Å². The van der Waals surface area contributed by atoms with Crippen LogP contribution in [-0.2, 0) is 14.4 Å². The van der Waals surface area contributed by atoms with Crippen LogP contribution < -0.4 is 5.32 Å². The lowest BCUT2D eigenvalue weighted by atomic mass is 9.99. The minimum Gasteiger partial charge on any atom is -0.478 e. The first-order valence-electron chi connectivity index (χ1n) is 8.41. The van der Waals surface area contributed by atoms with E-state index in [1.165, 1.54) is 17.9 Å². The summed E-state index contributed by atoms with van der Waals surface area (Å²) in [5, 5.41) is 11.5. The van der Waals surface area contributed by atoms with E-state index >= 15 is 0 Å². The predicted octanol–water partition coefficient (Wildman–Crippen LogP) is 0.855. The first-order valence-corrected chi connectivity index (χ1v) is 8.41. The van der Waals surface area contributed by atoms with E-state index in [1.54, 1.807) is 7.05 Å². The van der Waals surface area contributed by atoms with E-state index in [1.807, 2.05) is 0 Å². The Kier molecular flexibility index (Phi) is 7.91. The highest BCUT2D eigenvalue weighted by Crippen LogP contribution is 2.19. The van der Waals surface area contributed by atoms with Gasteiger partial charge in [0.25, 0.3) is 0 Å². The summed E-state index contributed by atoms with van der Waals surface area (Å²) >= 11 is 0. The van der Waals surface area contributed by atoms with Crippen molar-refractivity contribution >= 4 is 17.8 Å². The van der Waals surface area contributed by atoms with Gasteiger partial charge in [-0.3, -0.25) is 14.5 Å². The van der Waals surface area contributed by atoms with Crippen molar-refractivity contribution in [1.29, 1.82) is 0 Å². The van der Waals surface area contributed by atoms with E-state index in [-0.39, 0.29) is 36.5 Å². The molecule has 1 unspecified atom stereocenters. The van der Waals surface area contributed by atoms with Crippen LogP contribution in [0.1, 0.15) is 40.0 Å². The molecule has 136 valence electrons. The van der Waals surface area contributed by atoms with Gasteiger partial charge in [0.05, 0.1) is 12.6 Å². The number of likely N-dealkylation sites (tertiary alicyclic amines) is 1. The third-order valence-electron chi connectivity index (χ3n) is 4.36. The normalized spacial score (nSPS) is 19.2. The summed E-state index contributed by atoms with van der Waals surface area (Å²) < 4.78 is 0. The Morgan fingerprint density at radius 1 is 1.33 bits per heavy atom. The fraction of sp³-hybridized carbons (Fsp3) is 0.706. The van der Waals surface area contributed by atoms with Gasteiger partial charge in [-0.05, 0) is 40.2 Å². The maximum Gasteiger partial charge on any atom is 0.331 e.